The molecule has 2 aromatic rings. The molecular formula is C19H18F3N3O4S. The number of benzene rings is 1. The Hall–Kier alpha value is -2.97. The number of pyridine rings is 1. The van der Waals surface area contributed by atoms with Crippen molar-refractivity contribution in [3.05, 3.63) is 53.9 Å². The highest BCUT2D eigenvalue weighted by molar-refractivity contribution is 7.91. The number of sulfone groups is 1. The van der Waals surface area contributed by atoms with E-state index < -0.39 is 46.2 Å². The Kier molecular flexibility index (Phi) is 7.53. The molecule has 30 heavy (non-hydrogen) atoms. The van der Waals surface area contributed by atoms with Crippen molar-refractivity contribution in [1.29, 1.82) is 5.26 Å². The van der Waals surface area contributed by atoms with E-state index in [1.807, 2.05) is 0 Å². The number of rotatable bonds is 8. The Labute approximate surface area is 171 Å². The lowest BCUT2D eigenvalue weighted by Crippen LogP contribution is -2.43. The molecule has 1 heterocycles. The number of aliphatic hydroxyl groups excluding tert-OH is 1. The highest BCUT2D eigenvalue weighted by atomic mass is 32.2. The lowest BCUT2D eigenvalue weighted by molar-refractivity contribution is -0.133. The zero-order chi connectivity index (χ0) is 22.5. The van der Waals surface area contributed by atoms with Crippen molar-refractivity contribution in [2.45, 2.75) is 23.8 Å². The first-order valence-corrected chi connectivity index (χ1v) is 10.5. The molecule has 11 heteroatoms. The monoisotopic (exact) mass is 441 g/mol. The zero-order valence-corrected chi connectivity index (χ0v) is 16.5. The molecule has 1 aromatic heterocycles. The second-order valence-corrected chi connectivity index (χ2v) is 8.58. The van der Waals surface area contributed by atoms with Crippen LogP contribution in [0.4, 0.5) is 13.2 Å². The second-order valence-electron chi connectivity index (χ2n) is 6.45. The largest absolute Gasteiger partial charge is 0.386 e. The van der Waals surface area contributed by atoms with Crippen LogP contribution in [0.5, 0.6) is 0 Å². The van der Waals surface area contributed by atoms with E-state index in [4.69, 9.17) is 5.26 Å². The van der Waals surface area contributed by atoms with Crippen LogP contribution < -0.4 is 5.32 Å². The molecule has 2 N–H and O–H groups in total. The third kappa shape index (κ3) is 5.55. The minimum Gasteiger partial charge on any atom is -0.386 e. The van der Waals surface area contributed by atoms with Crippen molar-refractivity contribution in [3.8, 4) is 17.2 Å². The van der Waals surface area contributed by atoms with Crippen molar-refractivity contribution in [3.63, 3.8) is 0 Å². The van der Waals surface area contributed by atoms with Crippen molar-refractivity contribution in [2.24, 2.45) is 0 Å². The third-order valence-electron chi connectivity index (χ3n) is 4.26. The predicted octanol–water partition coefficient (Wildman–Crippen LogP) is 2.11. The minimum atomic E-state index is -3.64. The normalized spacial score (nSPS) is 14.6. The van der Waals surface area contributed by atoms with Crippen molar-refractivity contribution >= 4 is 15.7 Å². The predicted molar refractivity (Wildman–Crippen MR) is 102 cm³/mol. The molecule has 0 aliphatic carbocycles. The Morgan fingerprint density at radius 3 is 2.23 bits per heavy atom. The van der Waals surface area contributed by atoms with Crippen molar-refractivity contribution < 1.29 is 31.5 Å². The van der Waals surface area contributed by atoms with E-state index in [1.165, 1.54) is 24.4 Å². The highest BCUT2D eigenvalue weighted by Gasteiger charge is 2.26. The van der Waals surface area contributed by atoms with Gasteiger partial charge in [0, 0.05) is 18.0 Å². The Balaban J connectivity index is 2.19. The smallest absolute Gasteiger partial charge is 0.315 e. The van der Waals surface area contributed by atoms with Gasteiger partial charge in [-0.05, 0) is 17.2 Å². The van der Waals surface area contributed by atoms with Crippen LogP contribution in [0.2, 0.25) is 0 Å². The summed E-state index contributed by atoms with van der Waals surface area (Å²) >= 11 is 0. The van der Waals surface area contributed by atoms with Crippen LogP contribution in [0.3, 0.4) is 0 Å². The molecular weight excluding hydrogens is 423 g/mol. The standard InChI is InChI=1S/C19H18F3N3O4S/c1-30(28,29)16(9-23)14-7-6-13(10-24-14)11-2-4-12(5-3-11)17(26)15(8-20)25-19(27)18(21)22/h2-7,10,15-18,26H,8H2,1H3,(H,25,27)/t15-,16?,17-/m1/s1. The number of aliphatic hydroxyl groups is 1. The summed E-state index contributed by atoms with van der Waals surface area (Å²) in [6.45, 7) is -1.24. The van der Waals surface area contributed by atoms with Gasteiger partial charge in [0.25, 0.3) is 5.91 Å². The number of halogens is 3. The van der Waals surface area contributed by atoms with Crippen LogP contribution >= 0.6 is 0 Å². The zero-order valence-electron chi connectivity index (χ0n) is 15.7. The van der Waals surface area contributed by atoms with Crippen LogP contribution in [0.25, 0.3) is 11.1 Å². The molecule has 3 atom stereocenters. The summed E-state index contributed by atoms with van der Waals surface area (Å²) < 4.78 is 61.0. The SMILES string of the molecule is CS(=O)(=O)C(C#N)c1ccc(-c2ccc([C@@H](O)[C@@H](CF)NC(=O)C(F)F)cc2)cn1. The van der Waals surface area contributed by atoms with Gasteiger partial charge in [-0.1, -0.05) is 30.3 Å². The van der Waals surface area contributed by atoms with Gasteiger partial charge >= 0.3 is 6.43 Å². The van der Waals surface area contributed by atoms with Gasteiger partial charge in [-0.3, -0.25) is 9.78 Å². The first-order valence-electron chi connectivity index (χ1n) is 8.55. The topological polar surface area (TPSA) is 120 Å². The molecule has 1 unspecified atom stereocenters. The molecule has 1 amide bonds. The van der Waals surface area contributed by atoms with E-state index >= 15 is 0 Å². The molecule has 160 valence electrons. The van der Waals surface area contributed by atoms with E-state index in [-0.39, 0.29) is 11.3 Å². The van der Waals surface area contributed by atoms with E-state index in [1.54, 1.807) is 29.6 Å². The van der Waals surface area contributed by atoms with Crippen LogP contribution in [-0.2, 0) is 14.6 Å². The lowest BCUT2D eigenvalue weighted by atomic mass is 9.99. The van der Waals surface area contributed by atoms with Crippen molar-refractivity contribution in [1.82, 2.24) is 10.3 Å². The highest BCUT2D eigenvalue weighted by Crippen LogP contribution is 2.25. The molecule has 0 bridgehead atoms. The van der Waals surface area contributed by atoms with E-state index in [0.717, 1.165) is 6.26 Å². The molecule has 2 rings (SSSR count). The molecule has 0 aliphatic rings. The summed E-state index contributed by atoms with van der Waals surface area (Å²) in [7, 11) is -3.64. The van der Waals surface area contributed by atoms with Gasteiger partial charge in [0.1, 0.15) is 12.8 Å². The average Bonchev–Trinajstić information content (AvgIpc) is 2.71. The molecule has 0 spiro atoms. The summed E-state index contributed by atoms with van der Waals surface area (Å²) in [6.07, 6.45) is -2.55. The quantitative estimate of drug-likeness (QED) is 0.647. The number of nitrogens with one attached hydrogen (secondary N) is 1. The molecule has 0 saturated heterocycles. The summed E-state index contributed by atoms with van der Waals surface area (Å²) in [5.41, 5.74) is 1.47. The fourth-order valence-electron chi connectivity index (χ4n) is 2.67. The molecule has 0 saturated carbocycles. The van der Waals surface area contributed by atoms with E-state index in [0.29, 0.717) is 11.1 Å². The number of amides is 1. The number of nitriles is 1. The van der Waals surface area contributed by atoms with Gasteiger partial charge in [0.15, 0.2) is 15.1 Å². The maximum atomic E-state index is 13.1. The Morgan fingerprint density at radius 2 is 1.80 bits per heavy atom. The van der Waals surface area contributed by atoms with Crippen LogP contribution in [0.1, 0.15) is 22.6 Å². The number of carbonyl (C=O) groups excluding carboxylic acids is 1. The van der Waals surface area contributed by atoms with Crippen LogP contribution in [0.15, 0.2) is 42.6 Å². The van der Waals surface area contributed by atoms with Crippen molar-refractivity contribution in [2.75, 3.05) is 12.9 Å². The molecule has 0 radical (unpaired) electrons. The fraction of sp³-hybridized carbons (Fsp3) is 0.316. The lowest BCUT2D eigenvalue weighted by Gasteiger charge is -2.22. The number of hydrogen-bond acceptors (Lipinski definition) is 6. The number of aromatic nitrogens is 1. The third-order valence-corrected chi connectivity index (χ3v) is 5.46. The molecule has 1 aromatic carbocycles. The summed E-state index contributed by atoms with van der Waals surface area (Å²) in [5.74, 6) is -1.68. The number of carbonyl (C=O) groups is 1. The molecule has 0 aliphatic heterocycles. The van der Waals surface area contributed by atoms with Gasteiger partial charge in [-0.25, -0.2) is 12.8 Å². The summed E-state index contributed by atoms with van der Waals surface area (Å²) in [4.78, 5) is 15.1. The van der Waals surface area contributed by atoms with E-state index in [9.17, 15) is 31.5 Å². The first-order chi connectivity index (χ1) is 14.1. The fourth-order valence-corrected chi connectivity index (χ4v) is 3.43. The van der Waals surface area contributed by atoms with E-state index in [2.05, 4.69) is 4.98 Å². The Morgan fingerprint density at radius 1 is 1.20 bits per heavy atom. The summed E-state index contributed by atoms with van der Waals surface area (Å²) in [5, 5.41) is 19.6. The second kappa shape index (κ2) is 9.69. The first kappa shape index (κ1) is 23.3. The van der Waals surface area contributed by atoms with Crippen LogP contribution in [-0.4, -0.2) is 49.8 Å². The maximum Gasteiger partial charge on any atom is 0.315 e. The minimum absolute atomic E-state index is 0.0800. The molecule has 7 nitrogen and oxygen atoms in total. The number of hydrogen-bond donors (Lipinski definition) is 2. The average molecular weight is 441 g/mol. The van der Waals surface area contributed by atoms with Gasteiger partial charge < -0.3 is 10.4 Å². The van der Waals surface area contributed by atoms with Gasteiger partial charge in [0.05, 0.1) is 17.8 Å². The number of alkyl halides is 3. The Bertz CT molecular complexity index is 1020. The molecule has 0 fully saturated rings. The maximum absolute atomic E-state index is 13.1. The van der Waals surface area contributed by atoms with Gasteiger partial charge in [0.2, 0.25) is 0 Å². The summed E-state index contributed by atoms with van der Waals surface area (Å²) in [6, 6.07) is 9.10. The van der Waals surface area contributed by atoms with Crippen LogP contribution in [0, 0.1) is 11.3 Å². The number of nitrogens with zero attached hydrogens (tertiary/aromatic N) is 2. The van der Waals surface area contributed by atoms with Gasteiger partial charge in [-0.15, -0.1) is 0 Å². The van der Waals surface area contributed by atoms with Gasteiger partial charge in [-0.2, -0.15) is 14.0 Å².